The van der Waals surface area contributed by atoms with E-state index in [9.17, 15) is 14.4 Å². The van der Waals surface area contributed by atoms with Gasteiger partial charge in [0.25, 0.3) is 11.8 Å². The van der Waals surface area contributed by atoms with Crippen molar-refractivity contribution in [1.82, 2.24) is 20.4 Å². The molecule has 4 rings (SSSR count). The van der Waals surface area contributed by atoms with Crippen molar-refractivity contribution < 1.29 is 19.5 Å². The van der Waals surface area contributed by atoms with E-state index in [-0.39, 0.29) is 29.7 Å². The fourth-order valence-corrected chi connectivity index (χ4v) is 5.69. The highest BCUT2D eigenvalue weighted by molar-refractivity contribution is 8.04. The lowest BCUT2D eigenvalue weighted by molar-refractivity contribution is -0.125. The molecule has 0 bridgehead atoms. The SMILES string of the molecule is CCN1C(=O)CS/C1=C(/C#N)C(=O)NC(C)CO.CCNc1ccc2cc(C(=O)NCCN3CCCC3)ccc2c1. The van der Waals surface area contributed by atoms with Gasteiger partial charge in [0.05, 0.1) is 12.4 Å². The summed E-state index contributed by atoms with van der Waals surface area (Å²) in [7, 11) is 0. The molecule has 2 saturated heterocycles. The van der Waals surface area contributed by atoms with Crippen LogP contribution < -0.4 is 16.0 Å². The lowest BCUT2D eigenvalue weighted by Crippen LogP contribution is -2.37. The van der Waals surface area contributed by atoms with Crippen molar-refractivity contribution in [3.8, 4) is 6.07 Å². The maximum absolute atomic E-state index is 12.3. The van der Waals surface area contributed by atoms with Crippen LogP contribution >= 0.6 is 11.8 Å². The molecule has 2 heterocycles. The highest BCUT2D eigenvalue weighted by Gasteiger charge is 2.30. The molecule has 2 aliphatic heterocycles. The Bertz CT molecular complexity index is 1300. The van der Waals surface area contributed by atoms with Crippen LogP contribution in [-0.4, -0.2) is 90.3 Å². The quantitative estimate of drug-likeness (QED) is 0.249. The minimum atomic E-state index is -0.560. The molecule has 1 atom stereocenters. The van der Waals surface area contributed by atoms with E-state index in [2.05, 4.69) is 46.0 Å². The second-order valence-corrected chi connectivity index (χ2v) is 10.9. The number of aliphatic hydroxyl groups is 1. The van der Waals surface area contributed by atoms with Gasteiger partial charge in [-0.15, -0.1) is 0 Å². The van der Waals surface area contributed by atoms with Crippen LogP contribution in [0.4, 0.5) is 5.69 Å². The molecule has 41 heavy (non-hydrogen) atoms. The minimum Gasteiger partial charge on any atom is -0.394 e. The van der Waals surface area contributed by atoms with Gasteiger partial charge in [-0.2, -0.15) is 5.26 Å². The van der Waals surface area contributed by atoms with Gasteiger partial charge in [-0.1, -0.05) is 23.9 Å². The first kappa shape index (κ1) is 31.9. The third-order valence-electron chi connectivity index (χ3n) is 6.79. The average molecular weight is 581 g/mol. The zero-order valence-electron chi connectivity index (χ0n) is 24.0. The van der Waals surface area contributed by atoms with Gasteiger partial charge in [0.1, 0.15) is 16.7 Å². The van der Waals surface area contributed by atoms with E-state index >= 15 is 0 Å². The predicted octanol–water partition coefficient (Wildman–Crippen LogP) is 2.91. The molecular formula is C30H40N6O4S. The molecule has 10 nitrogen and oxygen atoms in total. The number of amides is 3. The molecule has 3 amide bonds. The minimum absolute atomic E-state index is 0.0156. The van der Waals surface area contributed by atoms with Crippen molar-refractivity contribution in [3.63, 3.8) is 0 Å². The molecule has 2 aliphatic rings. The number of hydrogen-bond donors (Lipinski definition) is 4. The maximum atomic E-state index is 12.3. The highest BCUT2D eigenvalue weighted by Crippen LogP contribution is 2.31. The Kier molecular flexibility index (Phi) is 12.5. The van der Waals surface area contributed by atoms with Gasteiger partial charge in [-0.25, -0.2) is 0 Å². The summed E-state index contributed by atoms with van der Waals surface area (Å²) in [6, 6.07) is 13.5. The van der Waals surface area contributed by atoms with Crippen LogP contribution in [0.25, 0.3) is 10.8 Å². The van der Waals surface area contributed by atoms with Crippen molar-refractivity contribution >= 4 is 45.9 Å². The Labute approximate surface area is 246 Å². The number of fused-ring (bicyclic) bond motifs is 1. The fraction of sp³-hybridized carbons (Fsp3) is 0.467. The van der Waals surface area contributed by atoms with Gasteiger partial charge in [0.15, 0.2) is 0 Å². The first-order valence-corrected chi connectivity index (χ1v) is 15.1. The number of anilines is 1. The Hall–Kier alpha value is -3.59. The molecule has 0 spiro atoms. The van der Waals surface area contributed by atoms with E-state index < -0.39 is 11.9 Å². The summed E-state index contributed by atoms with van der Waals surface area (Å²) in [5.74, 6) is -0.401. The number of aliphatic hydroxyl groups excluding tert-OH is 1. The summed E-state index contributed by atoms with van der Waals surface area (Å²) in [6.45, 7) is 10.6. The molecule has 220 valence electrons. The lowest BCUT2D eigenvalue weighted by Gasteiger charge is -2.16. The number of carbonyl (C=O) groups is 3. The largest absolute Gasteiger partial charge is 0.394 e. The number of nitrogens with zero attached hydrogens (tertiary/aromatic N) is 3. The van der Waals surface area contributed by atoms with Crippen LogP contribution in [0, 0.1) is 11.3 Å². The van der Waals surface area contributed by atoms with Crippen LogP contribution in [-0.2, 0) is 9.59 Å². The first-order chi connectivity index (χ1) is 19.8. The summed E-state index contributed by atoms with van der Waals surface area (Å²) in [4.78, 5) is 39.5. The number of nitrogens with one attached hydrogen (secondary N) is 3. The number of thioether (sulfide) groups is 1. The predicted molar refractivity (Wildman–Crippen MR) is 163 cm³/mol. The average Bonchev–Trinajstić information content (AvgIpc) is 3.63. The molecule has 2 aromatic rings. The molecule has 0 aliphatic carbocycles. The molecule has 4 N–H and O–H groups in total. The van der Waals surface area contributed by atoms with Gasteiger partial charge in [-0.05, 0) is 81.7 Å². The molecule has 0 radical (unpaired) electrons. The molecule has 2 fully saturated rings. The third kappa shape index (κ3) is 8.95. The fourth-order valence-electron chi connectivity index (χ4n) is 4.60. The first-order valence-electron chi connectivity index (χ1n) is 14.1. The van der Waals surface area contributed by atoms with Gasteiger partial charge < -0.3 is 30.9 Å². The zero-order valence-corrected chi connectivity index (χ0v) is 24.9. The van der Waals surface area contributed by atoms with Crippen molar-refractivity contribution in [2.24, 2.45) is 0 Å². The smallest absolute Gasteiger partial charge is 0.264 e. The van der Waals surface area contributed by atoms with E-state index in [1.807, 2.05) is 24.3 Å². The van der Waals surface area contributed by atoms with Crippen LogP contribution in [0.1, 0.15) is 44.0 Å². The van der Waals surface area contributed by atoms with Crippen LogP contribution in [0.5, 0.6) is 0 Å². The summed E-state index contributed by atoms with van der Waals surface area (Å²) in [5.41, 5.74) is 1.77. The normalized spacial score (nSPS) is 17.0. The number of benzene rings is 2. The third-order valence-corrected chi connectivity index (χ3v) is 7.88. The number of nitriles is 1. The van der Waals surface area contributed by atoms with E-state index in [1.54, 1.807) is 13.8 Å². The second kappa shape index (κ2) is 16.0. The van der Waals surface area contributed by atoms with Crippen LogP contribution in [0.3, 0.4) is 0 Å². The summed E-state index contributed by atoms with van der Waals surface area (Å²) >= 11 is 1.19. The molecule has 11 heteroatoms. The lowest BCUT2D eigenvalue weighted by atomic mass is 10.1. The Morgan fingerprint density at radius 3 is 2.49 bits per heavy atom. The molecule has 1 unspecified atom stereocenters. The Morgan fingerprint density at radius 2 is 1.83 bits per heavy atom. The van der Waals surface area contributed by atoms with Gasteiger partial charge in [-0.3, -0.25) is 14.4 Å². The number of carbonyl (C=O) groups excluding carboxylic acids is 3. The van der Waals surface area contributed by atoms with Crippen molar-refractivity contribution in [1.29, 1.82) is 5.26 Å². The summed E-state index contributed by atoms with van der Waals surface area (Å²) < 4.78 is 0. The number of hydrogen-bond acceptors (Lipinski definition) is 8. The van der Waals surface area contributed by atoms with E-state index in [0.29, 0.717) is 11.6 Å². The number of rotatable bonds is 10. The standard InChI is InChI=1S/C19H25N3O.C11H15N3O3S/c1-2-20-18-8-7-15-13-17(6-5-16(15)14-18)19(23)21-9-12-22-10-3-4-11-22;1-3-14-9(16)6-18-11(14)8(4-12)10(17)13-7(2)5-15/h5-8,13-14,20H,2-4,9-12H2,1H3,(H,21,23);7,15H,3,5-6H2,1-2H3,(H,13,17)/b;11-8-. The van der Waals surface area contributed by atoms with E-state index in [0.717, 1.165) is 41.7 Å². The highest BCUT2D eigenvalue weighted by atomic mass is 32.2. The van der Waals surface area contributed by atoms with Crippen LogP contribution in [0.15, 0.2) is 47.0 Å². The molecule has 0 aromatic heterocycles. The van der Waals surface area contributed by atoms with Gasteiger partial charge in [0, 0.05) is 43.5 Å². The summed E-state index contributed by atoms with van der Waals surface area (Å²) in [5, 5.41) is 29.4. The Morgan fingerprint density at radius 1 is 1.12 bits per heavy atom. The molecule has 2 aromatic carbocycles. The van der Waals surface area contributed by atoms with E-state index in [1.165, 1.54) is 42.6 Å². The number of likely N-dealkylation sites (tertiary alicyclic amines) is 1. The zero-order chi connectivity index (χ0) is 29.8. The monoisotopic (exact) mass is 580 g/mol. The van der Waals surface area contributed by atoms with E-state index in [4.69, 9.17) is 10.4 Å². The summed E-state index contributed by atoms with van der Waals surface area (Å²) in [6.07, 6.45) is 2.57. The van der Waals surface area contributed by atoms with Crippen molar-refractivity contribution in [2.75, 3.05) is 56.9 Å². The maximum Gasteiger partial charge on any atom is 0.264 e. The molecule has 0 saturated carbocycles. The van der Waals surface area contributed by atoms with Gasteiger partial charge in [0.2, 0.25) is 5.91 Å². The van der Waals surface area contributed by atoms with Crippen LogP contribution in [0.2, 0.25) is 0 Å². The Balaban J connectivity index is 0.000000233. The topological polar surface area (TPSA) is 138 Å². The second-order valence-electron chi connectivity index (χ2n) is 9.89. The van der Waals surface area contributed by atoms with Crippen molar-refractivity contribution in [3.05, 3.63) is 52.6 Å². The van der Waals surface area contributed by atoms with Crippen molar-refractivity contribution in [2.45, 2.75) is 39.7 Å². The molecular weight excluding hydrogens is 540 g/mol. The van der Waals surface area contributed by atoms with Gasteiger partial charge >= 0.3 is 0 Å².